The molecule has 24 heavy (non-hydrogen) atoms. The van der Waals surface area contributed by atoms with Gasteiger partial charge >= 0.3 is 0 Å². The number of sulfonamides is 1. The van der Waals surface area contributed by atoms with Crippen LogP contribution in [0.25, 0.3) is 0 Å². The minimum Gasteiger partial charge on any atom is -0.326 e. The summed E-state index contributed by atoms with van der Waals surface area (Å²) in [6.45, 7) is -0.194. The van der Waals surface area contributed by atoms with Crippen LogP contribution in [0.4, 0.5) is 14.5 Å². The second kappa shape index (κ2) is 7.69. The fourth-order valence-electron chi connectivity index (χ4n) is 1.78. The van der Waals surface area contributed by atoms with E-state index in [2.05, 4.69) is 10.0 Å². The number of benzene rings is 2. The highest BCUT2D eigenvalue weighted by molar-refractivity contribution is 7.89. The average molecular weight is 375 g/mol. The summed E-state index contributed by atoms with van der Waals surface area (Å²) in [7, 11) is -4.03. The molecule has 2 rings (SSSR count). The summed E-state index contributed by atoms with van der Waals surface area (Å²) in [4.78, 5) is 11.3. The second-order valence-corrected chi connectivity index (χ2v) is 6.98. The number of halogens is 3. The maximum absolute atomic E-state index is 13.1. The van der Waals surface area contributed by atoms with E-state index in [1.165, 1.54) is 0 Å². The Labute approximate surface area is 142 Å². The summed E-state index contributed by atoms with van der Waals surface area (Å²) in [6.07, 6.45) is -0.133. The van der Waals surface area contributed by atoms with Crippen molar-refractivity contribution in [2.75, 3.05) is 11.9 Å². The minimum absolute atomic E-state index is 0.133. The summed E-state index contributed by atoms with van der Waals surface area (Å²) in [5.74, 6) is -2.82. The summed E-state index contributed by atoms with van der Waals surface area (Å²) in [5, 5.41) is 3.09. The summed E-state index contributed by atoms with van der Waals surface area (Å²) in [6, 6.07) is 8.64. The van der Waals surface area contributed by atoms with Crippen LogP contribution in [0.15, 0.2) is 47.4 Å². The minimum atomic E-state index is -4.03. The van der Waals surface area contributed by atoms with Crippen LogP contribution in [0.2, 0.25) is 5.02 Å². The predicted octanol–water partition coefficient (Wildman–Crippen LogP) is 2.93. The molecule has 0 spiro atoms. The van der Waals surface area contributed by atoms with Gasteiger partial charge in [-0.05, 0) is 42.5 Å². The number of carbonyl (C=O) groups is 1. The molecule has 5 nitrogen and oxygen atoms in total. The third kappa shape index (κ3) is 4.98. The highest BCUT2D eigenvalue weighted by Gasteiger charge is 2.16. The van der Waals surface area contributed by atoms with Crippen LogP contribution in [-0.2, 0) is 14.8 Å². The first-order valence-corrected chi connectivity index (χ1v) is 8.64. The molecule has 0 aliphatic rings. The number of hydrogen-bond donors (Lipinski definition) is 2. The smallest absolute Gasteiger partial charge is 0.240 e. The van der Waals surface area contributed by atoms with Crippen molar-refractivity contribution in [2.24, 2.45) is 0 Å². The topological polar surface area (TPSA) is 75.3 Å². The van der Waals surface area contributed by atoms with Crippen LogP contribution in [0, 0.1) is 11.6 Å². The molecule has 0 aliphatic carbocycles. The average Bonchev–Trinajstić information content (AvgIpc) is 2.52. The molecule has 2 aromatic carbocycles. The highest BCUT2D eigenvalue weighted by atomic mass is 35.5. The molecule has 0 atom stereocenters. The van der Waals surface area contributed by atoms with Gasteiger partial charge in [0, 0.05) is 23.7 Å². The van der Waals surface area contributed by atoms with Gasteiger partial charge in [-0.25, -0.2) is 21.9 Å². The van der Waals surface area contributed by atoms with E-state index in [9.17, 15) is 22.0 Å². The van der Waals surface area contributed by atoms with Crippen LogP contribution in [0.1, 0.15) is 6.42 Å². The van der Waals surface area contributed by atoms with Crippen molar-refractivity contribution in [3.63, 3.8) is 0 Å². The Morgan fingerprint density at radius 1 is 1.04 bits per heavy atom. The first kappa shape index (κ1) is 18.3. The number of amides is 1. The van der Waals surface area contributed by atoms with E-state index in [-0.39, 0.29) is 13.0 Å². The quantitative estimate of drug-likeness (QED) is 0.816. The maximum atomic E-state index is 13.1. The summed E-state index contributed by atoms with van der Waals surface area (Å²) >= 11 is 5.72. The first-order valence-electron chi connectivity index (χ1n) is 6.78. The van der Waals surface area contributed by atoms with E-state index in [0.717, 1.165) is 12.1 Å². The van der Waals surface area contributed by atoms with Gasteiger partial charge in [0.25, 0.3) is 0 Å². The Hall–Kier alpha value is -2.03. The lowest BCUT2D eigenvalue weighted by molar-refractivity contribution is -0.116. The Morgan fingerprint density at radius 3 is 2.33 bits per heavy atom. The molecule has 0 bridgehead atoms. The number of hydrogen-bond acceptors (Lipinski definition) is 3. The molecule has 0 aromatic heterocycles. The third-order valence-corrected chi connectivity index (χ3v) is 4.68. The van der Waals surface area contributed by atoms with E-state index in [1.807, 2.05) is 0 Å². The van der Waals surface area contributed by atoms with E-state index < -0.39 is 32.5 Å². The summed E-state index contributed by atoms with van der Waals surface area (Å²) < 4.78 is 51.9. The van der Waals surface area contributed by atoms with E-state index in [4.69, 9.17) is 11.6 Å². The first-order chi connectivity index (χ1) is 11.3. The van der Waals surface area contributed by atoms with E-state index in [1.54, 1.807) is 24.3 Å². The number of nitrogens with one attached hydrogen (secondary N) is 2. The van der Waals surface area contributed by atoms with Crippen molar-refractivity contribution in [2.45, 2.75) is 11.3 Å². The Kier molecular flexibility index (Phi) is 5.87. The largest absolute Gasteiger partial charge is 0.326 e. The fourth-order valence-corrected chi connectivity index (χ4v) is 2.95. The Morgan fingerprint density at radius 2 is 1.71 bits per heavy atom. The van der Waals surface area contributed by atoms with Crippen molar-refractivity contribution in [3.8, 4) is 0 Å². The lowest BCUT2D eigenvalue weighted by Crippen LogP contribution is -2.28. The normalized spacial score (nSPS) is 11.3. The fraction of sp³-hybridized carbons (Fsp3) is 0.133. The Balaban J connectivity index is 1.89. The molecule has 0 heterocycles. The predicted molar refractivity (Wildman–Crippen MR) is 86.2 cm³/mol. The monoisotopic (exact) mass is 374 g/mol. The highest BCUT2D eigenvalue weighted by Crippen LogP contribution is 2.14. The van der Waals surface area contributed by atoms with Gasteiger partial charge in [0.2, 0.25) is 15.9 Å². The lowest BCUT2D eigenvalue weighted by atomic mass is 10.3. The summed E-state index contributed by atoms with van der Waals surface area (Å²) in [5.41, 5.74) is 0.521. The molecule has 0 saturated heterocycles. The molecule has 1 amide bonds. The molecule has 0 aliphatic heterocycles. The van der Waals surface area contributed by atoms with E-state index >= 15 is 0 Å². The Bertz CT molecular complexity index is 842. The van der Waals surface area contributed by atoms with Crippen molar-refractivity contribution in [1.29, 1.82) is 0 Å². The number of anilines is 1. The van der Waals surface area contributed by atoms with E-state index in [0.29, 0.717) is 16.8 Å². The molecule has 0 fully saturated rings. The van der Waals surface area contributed by atoms with Crippen LogP contribution >= 0.6 is 11.6 Å². The number of rotatable bonds is 6. The van der Waals surface area contributed by atoms with Crippen LogP contribution in [-0.4, -0.2) is 20.9 Å². The van der Waals surface area contributed by atoms with Gasteiger partial charge in [0.05, 0.1) is 4.90 Å². The van der Waals surface area contributed by atoms with Gasteiger partial charge in [-0.15, -0.1) is 0 Å². The third-order valence-electron chi connectivity index (χ3n) is 2.97. The molecule has 0 saturated carbocycles. The second-order valence-electron chi connectivity index (χ2n) is 4.78. The molecule has 2 N–H and O–H groups in total. The van der Waals surface area contributed by atoms with Crippen LogP contribution in [0.3, 0.4) is 0 Å². The van der Waals surface area contributed by atoms with Gasteiger partial charge < -0.3 is 5.32 Å². The van der Waals surface area contributed by atoms with Crippen LogP contribution in [0.5, 0.6) is 0 Å². The zero-order valence-electron chi connectivity index (χ0n) is 12.2. The van der Waals surface area contributed by atoms with Crippen molar-refractivity contribution in [1.82, 2.24) is 4.72 Å². The molecule has 0 unspecified atom stereocenters. The lowest BCUT2D eigenvalue weighted by Gasteiger charge is -2.08. The molecular weight excluding hydrogens is 362 g/mol. The standard InChI is InChI=1S/C15H13ClF2N2O3S/c16-10-1-3-11(4-2-10)20-15(21)7-8-19-24(22,23)12-5-6-13(17)14(18)9-12/h1-6,9,19H,7-8H2,(H,20,21). The molecular formula is C15H13ClF2N2O3S. The van der Waals surface area contributed by atoms with Gasteiger partial charge in [0.1, 0.15) is 0 Å². The SMILES string of the molecule is O=C(CCNS(=O)(=O)c1ccc(F)c(F)c1)Nc1ccc(Cl)cc1. The van der Waals surface area contributed by atoms with Crippen molar-refractivity contribution in [3.05, 3.63) is 59.1 Å². The van der Waals surface area contributed by atoms with Gasteiger partial charge in [-0.1, -0.05) is 11.6 Å². The molecule has 128 valence electrons. The molecule has 0 radical (unpaired) electrons. The van der Waals surface area contributed by atoms with Crippen LogP contribution < -0.4 is 10.0 Å². The molecule has 9 heteroatoms. The zero-order chi connectivity index (χ0) is 17.7. The van der Waals surface area contributed by atoms with Gasteiger partial charge in [-0.2, -0.15) is 0 Å². The molecule has 2 aromatic rings. The maximum Gasteiger partial charge on any atom is 0.240 e. The van der Waals surface area contributed by atoms with Gasteiger partial charge in [0.15, 0.2) is 11.6 Å². The van der Waals surface area contributed by atoms with Crippen molar-refractivity contribution >= 4 is 33.2 Å². The van der Waals surface area contributed by atoms with Gasteiger partial charge in [-0.3, -0.25) is 4.79 Å². The number of carbonyl (C=O) groups excluding carboxylic acids is 1. The zero-order valence-corrected chi connectivity index (χ0v) is 13.8. The van der Waals surface area contributed by atoms with Crippen molar-refractivity contribution < 1.29 is 22.0 Å².